The molecule has 1 saturated heterocycles. The average Bonchev–Trinajstić information content (AvgIpc) is 3.33. The predicted molar refractivity (Wildman–Crippen MR) is 134 cm³/mol. The first-order chi connectivity index (χ1) is 16.8. The minimum Gasteiger partial charge on any atom is -0.463 e. The molecule has 0 spiro atoms. The number of likely N-dealkylation sites (tertiary alicyclic amines) is 1. The van der Waals surface area contributed by atoms with Gasteiger partial charge in [0.1, 0.15) is 4.90 Å². The van der Waals surface area contributed by atoms with Crippen molar-refractivity contribution in [3.63, 3.8) is 0 Å². The topological polar surface area (TPSA) is 87.8 Å². The van der Waals surface area contributed by atoms with Crippen LogP contribution in [0.1, 0.15) is 34.3 Å². The minimum absolute atomic E-state index is 0.152. The van der Waals surface area contributed by atoms with Gasteiger partial charge >= 0.3 is 0 Å². The van der Waals surface area contributed by atoms with Crippen molar-refractivity contribution in [2.45, 2.75) is 29.1 Å². The summed E-state index contributed by atoms with van der Waals surface area (Å²) >= 11 is 6.28. The number of furan rings is 1. The lowest BCUT2D eigenvalue weighted by Gasteiger charge is -2.39. The van der Waals surface area contributed by atoms with Crippen LogP contribution >= 0.6 is 11.6 Å². The van der Waals surface area contributed by atoms with Gasteiger partial charge < -0.3 is 14.4 Å². The van der Waals surface area contributed by atoms with Crippen molar-refractivity contribution in [1.29, 1.82) is 0 Å². The molecule has 180 valence electrons. The summed E-state index contributed by atoms with van der Waals surface area (Å²) in [5, 5.41) is 12.3. The van der Waals surface area contributed by atoms with E-state index in [1.165, 1.54) is 6.26 Å². The molecule has 5 rings (SSSR count). The number of nitrogens with zero attached hydrogens (tertiary/aromatic N) is 1. The van der Waals surface area contributed by atoms with Crippen LogP contribution in [-0.4, -0.2) is 37.4 Å². The van der Waals surface area contributed by atoms with Crippen molar-refractivity contribution in [3.05, 3.63) is 101 Å². The van der Waals surface area contributed by atoms with Crippen LogP contribution in [0.4, 0.5) is 0 Å². The Balaban J connectivity index is 1.27. The SMILES string of the molecule is O=C(c1ccc(CS(=O)(=O)c2cccc3ccoc23)cc1)N1CCC(O)(c2ccccc2Cl)CC1. The molecule has 0 unspecified atom stereocenters. The van der Waals surface area contributed by atoms with E-state index in [1.54, 1.807) is 59.5 Å². The molecule has 0 radical (unpaired) electrons. The lowest BCUT2D eigenvalue weighted by Crippen LogP contribution is -2.45. The predicted octanol–water partition coefficient (Wildman–Crippen LogP) is 5.18. The molecule has 1 aliphatic rings. The molecule has 0 bridgehead atoms. The Morgan fingerprint density at radius 1 is 0.971 bits per heavy atom. The third kappa shape index (κ3) is 4.59. The molecular weight excluding hydrogens is 486 g/mol. The number of para-hydroxylation sites is 1. The highest BCUT2D eigenvalue weighted by Gasteiger charge is 2.37. The first-order valence-electron chi connectivity index (χ1n) is 11.3. The van der Waals surface area contributed by atoms with E-state index in [1.807, 2.05) is 18.2 Å². The van der Waals surface area contributed by atoms with Crippen molar-refractivity contribution in [2.75, 3.05) is 13.1 Å². The zero-order valence-electron chi connectivity index (χ0n) is 18.9. The third-order valence-electron chi connectivity index (χ3n) is 6.59. The maximum absolute atomic E-state index is 13.0. The molecule has 1 N–H and O–H groups in total. The minimum atomic E-state index is -3.63. The fraction of sp³-hybridized carbons (Fsp3) is 0.222. The van der Waals surface area contributed by atoms with Crippen molar-refractivity contribution < 1.29 is 22.7 Å². The molecule has 0 atom stereocenters. The number of hydrogen-bond donors (Lipinski definition) is 1. The van der Waals surface area contributed by atoms with E-state index in [9.17, 15) is 18.3 Å². The average molecular weight is 510 g/mol. The molecular formula is C27H24ClNO5S. The maximum Gasteiger partial charge on any atom is 0.253 e. The molecule has 6 nitrogen and oxygen atoms in total. The largest absolute Gasteiger partial charge is 0.463 e. The van der Waals surface area contributed by atoms with Crippen LogP contribution < -0.4 is 0 Å². The number of amides is 1. The van der Waals surface area contributed by atoms with E-state index in [-0.39, 0.29) is 16.6 Å². The van der Waals surface area contributed by atoms with Gasteiger partial charge in [-0.25, -0.2) is 8.42 Å². The Kier molecular flexibility index (Phi) is 6.17. The Hall–Kier alpha value is -3.13. The lowest BCUT2D eigenvalue weighted by molar-refractivity contribution is -0.0210. The molecule has 35 heavy (non-hydrogen) atoms. The smallest absolute Gasteiger partial charge is 0.253 e. The normalized spacial score (nSPS) is 15.9. The number of carbonyl (C=O) groups is 1. The first-order valence-corrected chi connectivity index (χ1v) is 13.3. The van der Waals surface area contributed by atoms with Gasteiger partial charge in [0.05, 0.1) is 17.6 Å². The van der Waals surface area contributed by atoms with Gasteiger partial charge in [-0.2, -0.15) is 0 Å². The third-order valence-corrected chi connectivity index (χ3v) is 8.62. The van der Waals surface area contributed by atoms with Crippen LogP contribution in [0.5, 0.6) is 0 Å². The second-order valence-corrected chi connectivity index (χ2v) is 11.2. The number of aliphatic hydroxyl groups is 1. The number of fused-ring (bicyclic) bond motifs is 1. The quantitative estimate of drug-likeness (QED) is 0.400. The summed E-state index contributed by atoms with van der Waals surface area (Å²) in [6.07, 6.45) is 2.24. The molecule has 8 heteroatoms. The standard InChI is InChI=1S/C27H24ClNO5S/c28-23-6-2-1-5-22(23)27(31)13-15-29(16-14-27)26(30)21-10-8-19(9-11-21)18-35(32,33)24-7-3-4-20-12-17-34-25(20)24/h1-12,17,31H,13-16,18H2. The molecule has 2 heterocycles. The number of hydrogen-bond acceptors (Lipinski definition) is 5. The maximum atomic E-state index is 13.0. The number of rotatable bonds is 5. The van der Waals surface area contributed by atoms with E-state index < -0.39 is 15.4 Å². The second-order valence-electron chi connectivity index (χ2n) is 8.85. The van der Waals surface area contributed by atoms with E-state index in [2.05, 4.69) is 0 Å². The highest BCUT2D eigenvalue weighted by atomic mass is 35.5. The van der Waals surface area contributed by atoms with E-state index >= 15 is 0 Å². The summed E-state index contributed by atoms with van der Waals surface area (Å²) in [5.74, 6) is -0.350. The molecule has 1 aromatic heterocycles. The summed E-state index contributed by atoms with van der Waals surface area (Å²) < 4.78 is 31.4. The summed E-state index contributed by atoms with van der Waals surface area (Å²) in [7, 11) is -3.63. The van der Waals surface area contributed by atoms with E-state index in [0.717, 1.165) is 5.39 Å². The fourth-order valence-corrected chi connectivity index (χ4v) is 6.45. The van der Waals surface area contributed by atoms with Crippen LogP contribution in [-0.2, 0) is 21.2 Å². The van der Waals surface area contributed by atoms with E-state index in [0.29, 0.717) is 53.2 Å². The highest BCUT2D eigenvalue weighted by molar-refractivity contribution is 7.90. The molecule has 3 aromatic carbocycles. The summed E-state index contributed by atoms with van der Waals surface area (Å²) in [4.78, 5) is 14.9. The summed E-state index contributed by atoms with van der Waals surface area (Å²) in [6.45, 7) is 0.785. The van der Waals surface area contributed by atoms with Gasteiger partial charge in [-0.3, -0.25) is 4.79 Å². The Labute approximate surface area is 208 Å². The Bertz CT molecular complexity index is 1490. The van der Waals surface area contributed by atoms with Crippen LogP contribution in [0.15, 0.2) is 88.4 Å². The van der Waals surface area contributed by atoms with Gasteiger partial charge in [-0.15, -0.1) is 0 Å². The number of carbonyl (C=O) groups excluding carboxylic acids is 1. The number of halogens is 1. The number of piperidine rings is 1. The number of sulfone groups is 1. The molecule has 1 fully saturated rings. The molecule has 4 aromatic rings. The monoisotopic (exact) mass is 509 g/mol. The van der Waals surface area contributed by atoms with Crippen LogP contribution in [0.3, 0.4) is 0 Å². The molecule has 0 aliphatic carbocycles. The lowest BCUT2D eigenvalue weighted by atomic mass is 9.84. The van der Waals surface area contributed by atoms with Gasteiger partial charge in [0.15, 0.2) is 15.4 Å². The van der Waals surface area contributed by atoms with Gasteiger partial charge in [0.2, 0.25) is 0 Å². The van der Waals surface area contributed by atoms with Crippen molar-refractivity contribution in [3.8, 4) is 0 Å². The number of benzene rings is 3. The Morgan fingerprint density at radius 3 is 2.40 bits per heavy atom. The van der Waals surface area contributed by atoms with E-state index in [4.69, 9.17) is 16.0 Å². The second kappa shape index (κ2) is 9.15. The van der Waals surface area contributed by atoms with Crippen molar-refractivity contribution in [1.82, 2.24) is 4.90 Å². The van der Waals surface area contributed by atoms with Crippen LogP contribution in [0.2, 0.25) is 5.02 Å². The van der Waals surface area contributed by atoms with Gasteiger partial charge in [-0.05, 0) is 48.7 Å². The summed E-state index contributed by atoms with van der Waals surface area (Å²) in [5.41, 5.74) is 1.02. The van der Waals surface area contributed by atoms with Crippen LogP contribution in [0, 0.1) is 0 Å². The molecule has 1 aliphatic heterocycles. The molecule has 0 saturated carbocycles. The van der Waals surface area contributed by atoms with Gasteiger partial charge in [-0.1, -0.05) is 54.1 Å². The van der Waals surface area contributed by atoms with Crippen molar-refractivity contribution >= 4 is 38.3 Å². The Morgan fingerprint density at radius 2 is 1.69 bits per heavy atom. The zero-order valence-corrected chi connectivity index (χ0v) is 20.4. The van der Waals surface area contributed by atoms with Crippen LogP contribution in [0.25, 0.3) is 11.0 Å². The van der Waals surface area contributed by atoms with Gasteiger partial charge in [0, 0.05) is 34.6 Å². The zero-order chi connectivity index (χ0) is 24.6. The fourth-order valence-electron chi connectivity index (χ4n) is 4.62. The first kappa shape index (κ1) is 23.6. The molecule has 1 amide bonds. The summed E-state index contributed by atoms with van der Waals surface area (Å²) in [6, 6.07) is 20.6. The highest BCUT2D eigenvalue weighted by Crippen LogP contribution is 2.37. The van der Waals surface area contributed by atoms with Gasteiger partial charge in [0.25, 0.3) is 5.91 Å². The van der Waals surface area contributed by atoms with Crippen molar-refractivity contribution in [2.24, 2.45) is 0 Å².